The van der Waals surface area contributed by atoms with Crippen LogP contribution in [-0.2, 0) is 10.2 Å². The lowest BCUT2D eigenvalue weighted by atomic mass is 9.85. The van der Waals surface area contributed by atoms with Crippen molar-refractivity contribution in [1.82, 2.24) is 14.8 Å². The first-order chi connectivity index (χ1) is 16.8. The third-order valence-corrected chi connectivity index (χ3v) is 7.33. The highest BCUT2D eigenvalue weighted by atomic mass is 19.1. The third kappa shape index (κ3) is 4.82. The number of carbonyl (C=O) groups is 1. The van der Waals surface area contributed by atoms with E-state index in [2.05, 4.69) is 42.8 Å². The first kappa shape index (κ1) is 23.9. The number of methoxy groups -OCH3 is 1. The molecule has 2 aliphatic rings. The van der Waals surface area contributed by atoms with Crippen LogP contribution in [0, 0.1) is 11.7 Å². The second-order valence-electron chi connectivity index (χ2n) is 10.8. The van der Waals surface area contributed by atoms with Gasteiger partial charge in [0.1, 0.15) is 12.0 Å². The van der Waals surface area contributed by atoms with Gasteiger partial charge in [-0.2, -0.15) is 0 Å². The summed E-state index contributed by atoms with van der Waals surface area (Å²) in [6, 6.07) is 12.8. The van der Waals surface area contributed by atoms with Crippen LogP contribution in [-0.4, -0.2) is 60.2 Å². The van der Waals surface area contributed by atoms with Crippen LogP contribution in [0.2, 0.25) is 0 Å². The number of hydrogen-bond donors (Lipinski definition) is 0. The van der Waals surface area contributed by atoms with Gasteiger partial charge < -0.3 is 9.64 Å². The molecule has 1 aromatic heterocycles. The Morgan fingerprint density at radius 2 is 1.74 bits per heavy atom. The van der Waals surface area contributed by atoms with E-state index in [1.54, 1.807) is 19.4 Å². The van der Waals surface area contributed by atoms with Gasteiger partial charge in [-0.1, -0.05) is 45.0 Å². The lowest BCUT2D eigenvalue weighted by molar-refractivity contribution is -0.0631. The van der Waals surface area contributed by atoms with E-state index in [4.69, 9.17) is 4.74 Å². The van der Waals surface area contributed by atoms with Gasteiger partial charge >= 0.3 is 0 Å². The molecule has 1 unspecified atom stereocenters. The maximum absolute atomic E-state index is 14.3. The largest absolute Gasteiger partial charge is 0.366 e. The van der Waals surface area contributed by atoms with Gasteiger partial charge in [-0.3, -0.25) is 14.7 Å². The second-order valence-corrected chi connectivity index (χ2v) is 10.8. The molecule has 184 valence electrons. The molecule has 1 atom stereocenters. The number of nitrogens with zero attached hydrogens (tertiary/aromatic N) is 3. The molecule has 1 aliphatic carbocycles. The molecular weight excluding hydrogens is 441 g/mol. The zero-order valence-electron chi connectivity index (χ0n) is 21.1. The number of benzene rings is 2. The third-order valence-electron chi connectivity index (χ3n) is 7.33. The van der Waals surface area contributed by atoms with Gasteiger partial charge in [-0.25, -0.2) is 4.39 Å². The van der Waals surface area contributed by atoms with Crippen molar-refractivity contribution >= 4 is 16.8 Å². The molecular formula is C29H34FN3O2. The summed E-state index contributed by atoms with van der Waals surface area (Å²) in [5.74, 6) is 0.221. The summed E-state index contributed by atoms with van der Waals surface area (Å²) < 4.78 is 20.1. The number of hydrogen-bond acceptors (Lipinski definition) is 4. The number of carbonyl (C=O) groups excluding carboxylic acids is 1. The summed E-state index contributed by atoms with van der Waals surface area (Å²) in [6.45, 7) is 9.35. The van der Waals surface area contributed by atoms with Crippen molar-refractivity contribution in [2.24, 2.45) is 5.92 Å². The molecule has 0 bridgehead atoms. The molecule has 2 fully saturated rings. The van der Waals surface area contributed by atoms with Crippen molar-refractivity contribution in [2.75, 3.05) is 33.3 Å². The summed E-state index contributed by atoms with van der Waals surface area (Å²) in [5.41, 5.74) is 4.06. The van der Waals surface area contributed by atoms with Gasteiger partial charge in [0, 0.05) is 50.4 Å². The molecule has 5 rings (SSSR count). The maximum Gasteiger partial charge on any atom is 0.256 e. The zero-order chi connectivity index (χ0) is 24.7. The highest BCUT2D eigenvalue weighted by molar-refractivity contribution is 6.08. The van der Waals surface area contributed by atoms with E-state index in [1.807, 2.05) is 17.0 Å². The Hall–Kier alpha value is -2.83. The van der Waals surface area contributed by atoms with Crippen LogP contribution in [0.1, 0.15) is 49.5 Å². The fraction of sp³-hybridized carbons (Fsp3) is 0.448. The van der Waals surface area contributed by atoms with E-state index in [1.165, 1.54) is 30.5 Å². The predicted octanol–water partition coefficient (Wildman–Crippen LogP) is 5.48. The molecule has 1 saturated heterocycles. The first-order valence-electron chi connectivity index (χ1n) is 12.5. The number of halogens is 1. The number of piperazine rings is 1. The van der Waals surface area contributed by atoms with Gasteiger partial charge in [-0.05, 0) is 53.5 Å². The average Bonchev–Trinajstić information content (AvgIpc) is 3.68. The number of pyridine rings is 1. The molecule has 0 N–H and O–H groups in total. The van der Waals surface area contributed by atoms with Crippen molar-refractivity contribution in [1.29, 1.82) is 0 Å². The molecule has 1 aliphatic heterocycles. The van der Waals surface area contributed by atoms with E-state index in [-0.39, 0.29) is 23.4 Å². The zero-order valence-corrected chi connectivity index (χ0v) is 21.1. The summed E-state index contributed by atoms with van der Waals surface area (Å²) in [4.78, 5) is 22.6. The Balaban J connectivity index is 1.49. The highest BCUT2D eigenvalue weighted by Crippen LogP contribution is 2.37. The van der Waals surface area contributed by atoms with Gasteiger partial charge in [0.25, 0.3) is 5.91 Å². The number of rotatable bonds is 5. The van der Waals surface area contributed by atoms with E-state index in [0.717, 1.165) is 24.2 Å². The minimum atomic E-state index is -0.337. The first-order valence-corrected chi connectivity index (χ1v) is 12.5. The SMILES string of the molecule is COC(C1CC1)N1CCN(C(=O)c2cnc3ccc(F)cc3c2-c2ccc(C(C)(C)C)cc2)CC1. The minimum absolute atomic E-state index is 0.0177. The molecule has 1 saturated carbocycles. The van der Waals surface area contributed by atoms with Crippen molar-refractivity contribution in [3.63, 3.8) is 0 Å². The molecule has 2 heterocycles. The van der Waals surface area contributed by atoms with Crippen LogP contribution in [0.5, 0.6) is 0 Å². The Morgan fingerprint density at radius 1 is 1.06 bits per heavy atom. The normalized spacial score (nSPS) is 18.1. The summed E-state index contributed by atoms with van der Waals surface area (Å²) in [5, 5.41) is 0.658. The van der Waals surface area contributed by atoms with Crippen LogP contribution >= 0.6 is 0 Å². The lowest BCUT2D eigenvalue weighted by Gasteiger charge is -2.39. The van der Waals surface area contributed by atoms with E-state index in [9.17, 15) is 9.18 Å². The monoisotopic (exact) mass is 475 g/mol. The Kier molecular flexibility index (Phi) is 6.36. The van der Waals surface area contributed by atoms with E-state index < -0.39 is 0 Å². The lowest BCUT2D eigenvalue weighted by Crippen LogP contribution is -2.53. The molecule has 0 radical (unpaired) electrons. The molecule has 35 heavy (non-hydrogen) atoms. The van der Waals surface area contributed by atoms with Crippen LogP contribution in [0.4, 0.5) is 4.39 Å². The fourth-order valence-corrected chi connectivity index (χ4v) is 5.15. The predicted molar refractivity (Wildman–Crippen MR) is 137 cm³/mol. The smallest absolute Gasteiger partial charge is 0.256 e. The molecule has 1 amide bonds. The van der Waals surface area contributed by atoms with Crippen molar-refractivity contribution in [3.05, 3.63) is 65.6 Å². The second kappa shape index (κ2) is 9.32. The van der Waals surface area contributed by atoms with Crippen LogP contribution in [0.15, 0.2) is 48.7 Å². The summed E-state index contributed by atoms with van der Waals surface area (Å²) in [6.07, 6.45) is 4.24. The number of ether oxygens (including phenoxy) is 1. The van der Waals surface area contributed by atoms with Gasteiger partial charge in [0.15, 0.2) is 0 Å². The van der Waals surface area contributed by atoms with Crippen LogP contribution in [0.25, 0.3) is 22.0 Å². The van der Waals surface area contributed by atoms with Crippen molar-refractivity contribution in [3.8, 4) is 11.1 Å². The summed E-state index contributed by atoms with van der Waals surface area (Å²) in [7, 11) is 1.78. The van der Waals surface area contributed by atoms with Crippen molar-refractivity contribution in [2.45, 2.75) is 45.3 Å². The number of amides is 1. The van der Waals surface area contributed by atoms with E-state index >= 15 is 0 Å². The average molecular weight is 476 g/mol. The highest BCUT2D eigenvalue weighted by Gasteiger charge is 2.37. The van der Waals surface area contributed by atoms with Crippen LogP contribution in [0.3, 0.4) is 0 Å². The quantitative estimate of drug-likeness (QED) is 0.490. The standard InChI is InChI=1S/C29H34FN3O2/c1-29(2,3)21-9-7-19(8-10-21)26-23-17-22(30)11-12-25(23)31-18-24(26)27(34)32-13-15-33(16-14-32)28(35-4)20-5-6-20/h7-12,17-18,20,28H,5-6,13-16H2,1-4H3. The molecule has 2 aromatic carbocycles. The Labute approximate surface area is 206 Å². The number of fused-ring (bicyclic) bond motifs is 1. The molecule has 6 heteroatoms. The van der Waals surface area contributed by atoms with E-state index in [0.29, 0.717) is 35.5 Å². The molecule has 5 nitrogen and oxygen atoms in total. The summed E-state index contributed by atoms with van der Waals surface area (Å²) >= 11 is 0. The Morgan fingerprint density at radius 3 is 2.34 bits per heavy atom. The van der Waals surface area contributed by atoms with Gasteiger partial charge in [0.05, 0.1) is 11.1 Å². The van der Waals surface area contributed by atoms with Crippen LogP contribution < -0.4 is 0 Å². The Bertz CT molecular complexity index is 1220. The maximum atomic E-state index is 14.3. The van der Waals surface area contributed by atoms with Crippen molar-refractivity contribution < 1.29 is 13.9 Å². The fourth-order valence-electron chi connectivity index (χ4n) is 5.15. The van der Waals surface area contributed by atoms with Gasteiger partial charge in [0.2, 0.25) is 0 Å². The molecule has 0 spiro atoms. The van der Waals surface area contributed by atoms with Gasteiger partial charge in [-0.15, -0.1) is 0 Å². The minimum Gasteiger partial charge on any atom is -0.366 e. The topological polar surface area (TPSA) is 45.7 Å². The number of aromatic nitrogens is 1. The molecule has 3 aromatic rings.